The minimum Gasteiger partial charge on any atom is -0.263 e. The van der Waals surface area contributed by atoms with Crippen molar-refractivity contribution in [3.63, 3.8) is 0 Å². The fraction of sp³-hybridized carbons (Fsp3) is 1.00. The van der Waals surface area contributed by atoms with Gasteiger partial charge in [0.05, 0.1) is 0 Å². The van der Waals surface area contributed by atoms with Crippen molar-refractivity contribution in [3.05, 3.63) is 0 Å². The molecule has 0 atom stereocenters. The normalized spacial score (nSPS) is 11.4. The molecule has 0 aromatic carbocycles. The smallest absolute Gasteiger partial charge is 0.263 e. The molecule has 0 aromatic rings. The summed E-state index contributed by atoms with van der Waals surface area (Å²) < 4.78 is 114. The molecule has 0 amide bonds. The molecule has 0 saturated carbocycles. The zero-order chi connectivity index (χ0) is 14.9. The van der Waals surface area contributed by atoms with E-state index >= 15 is 0 Å². The van der Waals surface area contributed by atoms with Crippen LogP contribution in [0.2, 0.25) is 0 Å². The first-order valence-electron chi connectivity index (χ1n) is 2.67. The standard InChI is InChI=1S/2CHF3.H2O7S2/c2*2-1(3)4;1-8(2,3)7-9(4,5)6/h2*1H;(H,1,2,3)(H,4,5,6). The molecule has 0 radical (unpaired) electrons. The Bertz CT molecular complexity index is 318. The summed E-state index contributed by atoms with van der Waals surface area (Å²) in [5.41, 5.74) is 0. The van der Waals surface area contributed by atoms with E-state index in [9.17, 15) is 43.2 Å². The second-order valence-corrected chi connectivity index (χ2v) is 3.67. The molecule has 0 aliphatic heterocycles. The van der Waals surface area contributed by atoms with Crippen LogP contribution in [-0.2, 0) is 24.4 Å². The van der Waals surface area contributed by atoms with E-state index in [1.54, 1.807) is 0 Å². The molecule has 0 aromatic heterocycles. The zero-order valence-electron chi connectivity index (χ0n) is 7.17. The Labute approximate surface area is 90.9 Å². The van der Waals surface area contributed by atoms with E-state index in [2.05, 4.69) is 3.63 Å². The average Bonchev–Trinajstić information content (AvgIpc) is 1.70. The summed E-state index contributed by atoms with van der Waals surface area (Å²) in [6, 6.07) is 0. The topological polar surface area (TPSA) is 118 Å². The van der Waals surface area contributed by atoms with Gasteiger partial charge in [0.15, 0.2) is 0 Å². The van der Waals surface area contributed by atoms with Gasteiger partial charge in [0.1, 0.15) is 0 Å². The molecule has 108 valence electrons. The van der Waals surface area contributed by atoms with Crippen molar-refractivity contribution in [3.8, 4) is 0 Å². The molecule has 0 spiro atoms. The van der Waals surface area contributed by atoms with Gasteiger partial charge in [-0.05, 0) is 0 Å². The Morgan fingerprint density at radius 1 is 0.706 bits per heavy atom. The highest BCUT2D eigenvalue weighted by molar-refractivity contribution is 7.94. The summed E-state index contributed by atoms with van der Waals surface area (Å²) >= 11 is 0. The lowest BCUT2D eigenvalue weighted by atomic mass is 11.6. The molecule has 7 nitrogen and oxygen atoms in total. The van der Waals surface area contributed by atoms with Gasteiger partial charge in [0, 0.05) is 0 Å². The fourth-order valence-corrected chi connectivity index (χ4v) is 0.978. The maximum atomic E-state index is 9.67. The second kappa shape index (κ2) is 9.40. The molecule has 2 N–H and O–H groups in total. The Balaban J connectivity index is -0.000000205. The van der Waals surface area contributed by atoms with Gasteiger partial charge >= 0.3 is 34.2 Å². The Hall–Kier alpha value is -0.640. The summed E-state index contributed by atoms with van der Waals surface area (Å²) in [6.45, 7) is -7.33. The summed E-state index contributed by atoms with van der Waals surface area (Å²) in [4.78, 5) is 0. The number of hydrogen-bond acceptors (Lipinski definition) is 5. The van der Waals surface area contributed by atoms with Crippen LogP contribution in [0.5, 0.6) is 0 Å². The number of alkyl halides is 6. The van der Waals surface area contributed by atoms with E-state index in [0.29, 0.717) is 0 Å². The van der Waals surface area contributed by atoms with Gasteiger partial charge in [-0.3, -0.25) is 9.11 Å². The van der Waals surface area contributed by atoms with Crippen molar-refractivity contribution in [2.75, 3.05) is 0 Å². The molecule has 0 unspecified atom stereocenters. The van der Waals surface area contributed by atoms with E-state index in [4.69, 9.17) is 9.11 Å². The predicted octanol–water partition coefficient (Wildman–Crippen LogP) is 0.966. The zero-order valence-corrected chi connectivity index (χ0v) is 8.81. The summed E-state index contributed by atoms with van der Waals surface area (Å²) in [6.07, 6.45) is 0. The van der Waals surface area contributed by atoms with Crippen LogP contribution in [0.1, 0.15) is 0 Å². The molecule has 17 heavy (non-hydrogen) atoms. The SMILES string of the molecule is FC(F)F.FC(F)F.O=S(=O)(O)OS(=O)(=O)O. The van der Waals surface area contributed by atoms with Gasteiger partial charge < -0.3 is 0 Å². The molecule has 0 heterocycles. The summed E-state index contributed by atoms with van der Waals surface area (Å²) in [5.74, 6) is 0. The highest BCUT2D eigenvalue weighted by Crippen LogP contribution is 1.91. The largest absolute Gasteiger partial charge is 0.413 e. The molecule has 0 bridgehead atoms. The van der Waals surface area contributed by atoms with Crippen molar-refractivity contribution in [1.82, 2.24) is 0 Å². The van der Waals surface area contributed by atoms with Gasteiger partial charge in [-0.1, -0.05) is 0 Å². The summed E-state index contributed by atoms with van der Waals surface area (Å²) in [5, 5.41) is 0. The van der Waals surface area contributed by atoms with Gasteiger partial charge in [-0.15, -0.1) is 3.63 Å². The quantitative estimate of drug-likeness (QED) is 0.575. The highest BCUT2D eigenvalue weighted by Gasteiger charge is 2.15. The molecule has 0 rings (SSSR count). The molecule has 15 heteroatoms. The maximum absolute atomic E-state index is 9.67. The first-order valence-corrected chi connectivity index (χ1v) is 5.40. The lowest BCUT2D eigenvalue weighted by molar-refractivity contribution is 0.00734. The van der Waals surface area contributed by atoms with Crippen LogP contribution in [-0.4, -0.2) is 39.3 Å². The Morgan fingerprint density at radius 2 is 0.824 bits per heavy atom. The predicted molar refractivity (Wildman–Crippen MR) is 38.4 cm³/mol. The van der Waals surface area contributed by atoms with Crippen molar-refractivity contribution in [1.29, 1.82) is 0 Å². The van der Waals surface area contributed by atoms with Crippen molar-refractivity contribution >= 4 is 20.8 Å². The minimum atomic E-state index is -5.12. The number of rotatable bonds is 2. The van der Waals surface area contributed by atoms with E-state index in [1.165, 1.54) is 0 Å². The maximum Gasteiger partial charge on any atom is 0.413 e. The highest BCUT2D eigenvalue weighted by atomic mass is 32.3. The minimum absolute atomic E-state index is 2.68. The average molecular weight is 318 g/mol. The van der Waals surface area contributed by atoms with Crippen molar-refractivity contribution in [2.45, 2.75) is 13.4 Å². The van der Waals surface area contributed by atoms with E-state index in [0.717, 1.165) is 0 Å². The van der Waals surface area contributed by atoms with E-state index in [1.807, 2.05) is 0 Å². The monoisotopic (exact) mass is 318 g/mol. The molecule has 0 saturated heterocycles. The molecular formula is C2H4F6O7S2. The lowest BCUT2D eigenvalue weighted by Crippen LogP contribution is -2.10. The van der Waals surface area contributed by atoms with Crippen LogP contribution in [0.3, 0.4) is 0 Å². The van der Waals surface area contributed by atoms with Crippen LogP contribution in [0, 0.1) is 0 Å². The van der Waals surface area contributed by atoms with Gasteiger partial charge in [0.25, 0.3) is 0 Å². The van der Waals surface area contributed by atoms with Crippen LogP contribution < -0.4 is 0 Å². The third-order valence-electron chi connectivity index (χ3n) is 0.172. The van der Waals surface area contributed by atoms with E-state index in [-0.39, 0.29) is 0 Å². The first-order chi connectivity index (χ1) is 7.17. The fourth-order valence-electron chi connectivity index (χ4n) is 0.109. The van der Waals surface area contributed by atoms with Crippen molar-refractivity contribution in [2.24, 2.45) is 0 Å². The third-order valence-corrected chi connectivity index (χ3v) is 1.55. The number of hydrogen-bond donors (Lipinski definition) is 2. The van der Waals surface area contributed by atoms with Gasteiger partial charge in [0.2, 0.25) is 0 Å². The first kappa shape index (κ1) is 21.6. The molecule has 0 fully saturated rings. The molecule has 0 aliphatic carbocycles. The second-order valence-electron chi connectivity index (χ2n) is 1.42. The van der Waals surface area contributed by atoms with Gasteiger partial charge in [-0.2, -0.15) is 43.2 Å². The Morgan fingerprint density at radius 3 is 0.824 bits per heavy atom. The molecular weight excluding hydrogens is 314 g/mol. The third kappa shape index (κ3) is 95.4. The van der Waals surface area contributed by atoms with Crippen LogP contribution in [0.25, 0.3) is 0 Å². The lowest BCUT2D eigenvalue weighted by Gasteiger charge is -1.89. The molecule has 0 aliphatic rings. The van der Waals surface area contributed by atoms with Crippen LogP contribution in [0.15, 0.2) is 0 Å². The summed E-state index contributed by atoms with van der Waals surface area (Å²) in [7, 11) is -10.2. The van der Waals surface area contributed by atoms with Crippen molar-refractivity contribution < 1.29 is 55.9 Å². The Kier molecular flexibility index (Phi) is 12.0. The number of halogens is 6. The van der Waals surface area contributed by atoms with Crippen LogP contribution >= 0.6 is 0 Å². The van der Waals surface area contributed by atoms with E-state index < -0.39 is 34.2 Å². The van der Waals surface area contributed by atoms with Crippen LogP contribution in [0.4, 0.5) is 26.3 Å². The van der Waals surface area contributed by atoms with Gasteiger partial charge in [-0.25, -0.2) is 0 Å².